The summed E-state index contributed by atoms with van der Waals surface area (Å²) in [4.78, 5) is 1.14. The van der Waals surface area contributed by atoms with Crippen LogP contribution in [0.5, 0.6) is 0 Å². The summed E-state index contributed by atoms with van der Waals surface area (Å²) in [6.07, 6.45) is -0.498. The highest BCUT2D eigenvalue weighted by Crippen LogP contribution is 2.29. The Morgan fingerprint density at radius 2 is 1.82 bits per heavy atom. The summed E-state index contributed by atoms with van der Waals surface area (Å²) in [6, 6.07) is 10.0. The largest absolute Gasteiger partial charge is 0.389 e. The van der Waals surface area contributed by atoms with Crippen molar-refractivity contribution in [3.05, 3.63) is 30.3 Å². The first-order valence-electron chi connectivity index (χ1n) is 5.74. The van der Waals surface area contributed by atoms with Crippen molar-refractivity contribution in [1.29, 1.82) is 0 Å². The van der Waals surface area contributed by atoms with E-state index in [2.05, 4.69) is 0 Å². The van der Waals surface area contributed by atoms with Gasteiger partial charge in [-0.15, -0.1) is 11.8 Å². The highest BCUT2D eigenvalue weighted by atomic mass is 32.2. The maximum absolute atomic E-state index is 10.0. The van der Waals surface area contributed by atoms with Crippen molar-refractivity contribution in [2.75, 3.05) is 13.2 Å². The van der Waals surface area contributed by atoms with Crippen LogP contribution in [0.3, 0.4) is 0 Å². The van der Waals surface area contributed by atoms with E-state index in [1.54, 1.807) is 11.8 Å². The molecule has 0 spiro atoms. The number of benzene rings is 1. The zero-order chi connectivity index (χ0) is 12.3. The van der Waals surface area contributed by atoms with E-state index in [-0.39, 0.29) is 5.25 Å². The predicted octanol–water partition coefficient (Wildman–Crippen LogP) is 2.29. The van der Waals surface area contributed by atoms with Gasteiger partial charge in [0, 0.05) is 4.90 Å². The van der Waals surface area contributed by atoms with E-state index in [0.29, 0.717) is 13.2 Å². The van der Waals surface area contributed by atoms with Crippen molar-refractivity contribution in [2.45, 2.75) is 35.9 Å². The lowest BCUT2D eigenvalue weighted by atomic mass is 10.3. The van der Waals surface area contributed by atoms with Crippen molar-refractivity contribution >= 4 is 11.8 Å². The minimum atomic E-state index is -0.604. The van der Waals surface area contributed by atoms with E-state index in [9.17, 15) is 5.11 Å². The highest BCUT2D eigenvalue weighted by Gasteiger charge is 2.31. The number of hydrogen-bond acceptors (Lipinski definition) is 4. The molecule has 0 unspecified atom stereocenters. The molecule has 1 N–H and O–H groups in total. The maximum atomic E-state index is 10.0. The van der Waals surface area contributed by atoms with Gasteiger partial charge in [0.05, 0.1) is 24.6 Å². The molecular weight excluding hydrogens is 236 g/mol. The number of aliphatic hydroxyl groups excluding tert-OH is 1. The quantitative estimate of drug-likeness (QED) is 0.879. The molecule has 94 valence electrons. The summed E-state index contributed by atoms with van der Waals surface area (Å²) in [5, 5.41) is 10.0. The van der Waals surface area contributed by atoms with E-state index in [1.165, 1.54) is 0 Å². The van der Waals surface area contributed by atoms with Crippen LogP contribution in [-0.2, 0) is 9.47 Å². The fourth-order valence-corrected chi connectivity index (χ4v) is 2.65. The Bertz CT molecular complexity index is 353. The van der Waals surface area contributed by atoms with E-state index in [1.807, 2.05) is 44.2 Å². The summed E-state index contributed by atoms with van der Waals surface area (Å²) >= 11 is 1.63. The van der Waals surface area contributed by atoms with Crippen LogP contribution in [0.1, 0.15) is 13.8 Å². The molecule has 0 aliphatic carbocycles. The summed E-state index contributed by atoms with van der Waals surface area (Å²) in [5.41, 5.74) is 0. The normalized spacial score (nSPS) is 28.6. The van der Waals surface area contributed by atoms with Gasteiger partial charge >= 0.3 is 0 Å². The number of rotatable bonds is 2. The topological polar surface area (TPSA) is 38.7 Å². The van der Waals surface area contributed by atoms with Gasteiger partial charge in [0.15, 0.2) is 5.79 Å². The van der Waals surface area contributed by atoms with Crippen LogP contribution in [0.25, 0.3) is 0 Å². The lowest BCUT2D eigenvalue weighted by Crippen LogP contribution is -2.28. The lowest BCUT2D eigenvalue weighted by molar-refractivity contribution is -0.203. The van der Waals surface area contributed by atoms with Crippen molar-refractivity contribution in [3.63, 3.8) is 0 Å². The molecule has 0 bridgehead atoms. The van der Waals surface area contributed by atoms with Crippen LogP contribution in [-0.4, -0.2) is 35.5 Å². The van der Waals surface area contributed by atoms with Gasteiger partial charge in [0.25, 0.3) is 0 Å². The summed E-state index contributed by atoms with van der Waals surface area (Å²) in [7, 11) is 0. The Morgan fingerprint density at radius 3 is 2.53 bits per heavy atom. The van der Waals surface area contributed by atoms with Crippen LogP contribution >= 0.6 is 11.8 Å². The van der Waals surface area contributed by atoms with Gasteiger partial charge in [-0.05, 0) is 26.0 Å². The third kappa shape index (κ3) is 3.71. The number of hydrogen-bond donors (Lipinski definition) is 1. The SMILES string of the molecule is CC1(C)OC[C@@H](O)[C@H](Sc2ccccc2)CO1. The highest BCUT2D eigenvalue weighted by molar-refractivity contribution is 8.00. The van der Waals surface area contributed by atoms with Crippen LogP contribution in [0.2, 0.25) is 0 Å². The molecule has 0 saturated carbocycles. The standard InChI is InChI=1S/C13H18O3S/c1-13(2)15-8-11(14)12(9-16-13)17-10-6-4-3-5-7-10/h3-7,11-12,14H,8-9H2,1-2H3/t11-,12-/m1/s1. The van der Waals surface area contributed by atoms with Crippen LogP contribution in [0.15, 0.2) is 35.2 Å². The third-order valence-electron chi connectivity index (χ3n) is 2.66. The fraction of sp³-hybridized carbons (Fsp3) is 0.538. The average Bonchev–Trinajstić information content (AvgIpc) is 2.44. The fourth-order valence-electron chi connectivity index (χ4n) is 1.62. The van der Waals surface area contributed by atoms with Crippen LogP contribution in [0.4, 0.5) is 0 Å². The molecule has 17 heavy (non-hydrogen) atoms. The van der Waals surface area contributed by atoms with Gasteiger partial charge in [-0.3, -0.25) is 0 Å². The molecule has 1 aromatic carbocycles. The van der Waals surface area contributed by atoms with E-state index in [0.717, 1.165) is 4.90 Å². The van der Waals surface area contributed by atoms with Gasteiger partial charge in [-0.2, -0.15) is 0 Å². The molecule has 1 heterocycles. The average molecular weight is 254 g/mol. The predicted molar refractivity (Wildman–Crippen MR) is 68.1 cm³/mol. The van der Waals surface area contributed by atoms with Crippen molar-refractivity contribution < 1.29 is 14.6 Å². The zero-order valence-electron chi connectivity index (χ0n) is 10.1. The minimum Gasteiger partial charge on any atom is -0.389 e. The molecule has 0 aromatic heterocycles. The molecule has 2 atom stereocenters. The van der Waals surface area contributed by atoms with Crippen molar-refractivity contribution in [1.82, 2.24) is 0 Å². The number of aliphatic hydroxyl groups is 1. The summed E-state index contributed by atoms with van der Waals surface area (Å²) < 4.78 is 11.1. The first-order valence-corrected chi connectivity index (χ1v) is 6.62. The van der Waals surface area contributed by atoms with Crippen molar-refractivity contribution in [3.8, 4) is 0 Å². The Morgan fingerprint density at radius 1 is 1.18 bits per heavy atom. The Kier molecular flexibility index (Phi) is 4.09. The minimum absolute atomic E-state index is 0.0131. The Balaban J connectivity index is 2.01. The molecule has 1 fully saturated rings. The second-order valence-corrected chi connectivity index (χ2v) is 5.87. The summed E-state index contributed by atoms with van der Waals surface area (Å²) in [6.45, 7) is 4.55. The maximum Gasteiger partial charge on any atom is 0.162 e. The molecule has 1 aromatic rings. The molecule has 4 heteroatoms. The third-order valence-corrected chi connectivity index (χ3v) is 3.95. The van der Waals surface area contributed by atoms with Gasteiger partial charge in [-0.1, -0.05) is 18.2 Å². The van der Waals surface area contributed by atoms with Gasteiger partial charge in [-0.25, -0.2) is 0 Å². The van der Waals surface area contributed by atoms with Crippen LogP contribution < -0.4 is 0 Å². The Labute approximate surface area is 106 Å². The number of ether oxygens (including phenoxy) is 2. The second kappa shape index (κ2) is 5.40. The van der Waals surface area contributed by atoms with E-state index >= 15 is 0 Å². The van der Waals surface area contributed by atoms with E-state index in [4.69, 9.17) is 9.47 Å². The molecular formula is C13H18O3S. The lowest BCUT2D eigenvalue weighted by Gasteiger charge is -2.22. The second-order valence-electron chi connectivity index (χ2n) is 4.56. The van der Waals surface area contributed by atoms with Crippen molar-refractivity contribution in [2.24, 2.45) is 0 Å². The molecule has 2 rings (SSSR count). The smallest absolute Gasteiger partial charge is 0.162 e. The number of thioether (sulfide) groups is 1. The molecule has 3 nitrogen and oxygen atoms in total. The Hall–Kier alpha value is -0.550. The molecule has 1 aliphatic heterocycles. The van der Waals surface area contributed by atoms with Crippen LogP contribution in [0, 0.1) is 0 Å². The molecule has 0 amide bonds. The molecule has 1 aliphatic rings. The summed E-state index contributed by atoms with van der Waals surface area (Å²) in [5.74, 6) is -0.604. The van der Waals surface area contributed by atoms with Gasteiger partial charge in [0.2, 0.25) is 0 Å². The van der Waals surface area contributed by atoms with Gasteiger partial charge < -0.3 is 14.6 Å². The van der Waals surface area contributed by atoms with Gasteiger partial charge in [0.1, 0.15) is 0 Å². The molecule has 1 saturated heterocycles. The first kappa shape index (κ1) is 12.9. The van der Waals surface area contributed by atoms with E-state index < -0.39 is 11.9 Å². The first-order chi connectivity index (χ1) is 8.07. The monoisotopic (exact) mass is 254 g/mol. The zero-order valence-corrected chi connectivity index (χ0v) is 10.9. The molecule has 0 radical (unpaired) electrons.